The molecule has 0 aromatic rings. The second kappa shape index (κ2) is 5.79. The third-order valence-corrected chi connectivity index (χ3v) is 9.95. The molecule has 0 radical (unpaired) electrons. The number of fused-ring (bicyclic) bond motifs is 7. The van der Waals surface area contributed by atoms with Crippen LogP contribution in [0.2, 0.25) is 0 Å². The summed E-state index contributed by atoms with van der Waals surface area (Å²) in [7, 11) is 0. The molecule has 0 saturated heterocycles. The fourth-order valence-electron chi connectivity index (χ4n) is 8.98. The summed E-state index contributed by atoms with van der Waals surface area (Å²) in [4.78, 5) is 24.9. The summed E-state index contributed by atoms with van der Waals surface area (Å²) in [5.41, 5.74) is 1.69. The Kier molecular flexibility index (Phi) is 3.83. The van der Waals surface area contributed by atoms with Gasteiger partial charge in [-0.2, -0.15) is 0 Å². The van der Waals surface area contributed by atoms with E-state index in [2.05, 4.69) is 6.92 Å². The molecule has 5 aliphatic carbocycles. The van der Waals surface area contributed by atoms with Crippen molar-refractivity contribution in [2.45, 2.75) is 84.5 Å². The Labute approximate surface area is 158 Å². The maximum absolute atomic E-state index is 13.0. The number of carbonyl (C=O) groups excluding carboxylic acids is 2. The average molecular weight is 355 g/mol. The molecule has 0 aromatic heterocycles. The maximum atomic E-state index is 13.0. The Morgan fingerprint density at radius 2 is 1.88 bits per heavy atom. The summed E-state index contributed by atoms with van der Waals surface area (Å²) < 4.78 is 0. The minimum atomic E-state index is -0.0144. The van der Waals surface area contributed by atoms with E-state index in [0.717, 1.165) is 43.4 Å². The van der Waals surface area contributed by atoms with Gasteiger partial charge in [-0.25, -0.2) is 0 Å². The third-order valence-electron chi connectivity index (χ3n) is 9.95. The van der Waals surface area contributed by atoms with Gasteiger partial charge < -0.3 is 0 Å². The Morgan fingerprint density at radius 1 is 1.04 bits per heavy atom. The lowest BCUT2D eigenvalue weighted by Crippen LogP contribution is -2.53. The van der Waals surface area contributed by atoms with E-state index in [1.807, 2.05) is 13.0 Å². The molecule has 5 aliphatic rings. The van der Waals surface area contributed by atoms with Crippen molar-refractivity contribution >= 4 is 11.6 Å². The first kappa shape index (κ1) is 17.2. The topological polar surface area (TPSA) is 34.1 Å². The monoisotopic (exact) mass is 354 g/mol. The first-order valence-corrected chi connectivity index (χ1v) is 11.2. The number of hydrogen-bond donors (Lipinski definition) is 0. The number of hydrogen-bond acceptors (Lipinski definition) is 2. The van der Waals surface area contributed by atoms with Crippen LogP contribution < -0.4 is 0 Å². The predicted octanol–water partition coefficient (Wildman–Crippen LogP) is 5.50. The summed E-state index contributed by atoms with van der Waals surface area (Å²) >= 11 is 0. The van der Waals surface area contributed by atoms with E-state index >= 15 is 0 Å². The molecule has 0 amide bonds. The van der Waals surface area contributed by atoms with Crippen LogP contribution >= 0.6 is 0 Å². The van der Waals surface area contributed by atoms with Crippen molar-refractivity contribution in [2.24, 2.45) is 40.4 Å². The number of carbonyl (C=O) groups is 2. The SMILES string of the molecule is CC(=O)[C@@]12CCCC[C@@H]1C[C@H]1[C@@H]3CCC4=CC(=O)CC[C@@H]4[C@H]3CC[C@@]12C. The van der Waals surface area contributed by atoms with Crippen LogP contribution in [-0.4, -0.2) is 11.6 Å². The van der Waals surface area contributed by atoms with Crippen LogP contribution in [0.4, 0.5) is 0 Å². The molecule has 26 heavy (non-hydrogen) atoms. The Bertz CT molecular complexity index is 676. The van der Waals surface area contributed by atoms with Gasteiger partial charge in [-0.15, -0.1) is 0 Å². The minimum Gasteiger partial charge on any atom is -0.299 e. The molecule has 0 aromatic carbocycles. The first-order valence-electron chi connectivity index (χ1n) is 11.2. The normalized spacial score (nSPS) is 50.2. The maximum Gasteiger partial charge on any atom is 0.155 e. The second-order valence-electron chi connectivity index (χ2n) is 10.5. The van der Waals surface area contributed by atoms with E-state index in [1.165, 1.54) is 50.5 Å². The molecular weight excluding hydrogens is 320 g/mol. The zero-order chi connectivity index (χ0) is 18.1. The molecule has 2 heteroatoms. The highest BCUT2D eigenvalue weighted by Crippen LogP contribution is 2.72. The Balaban J connectivity index is 1.51. The van der Waals surface area contributed by atoms with Crippen LogP contribution in [0.25, 0.3) is 0 Å². The van der Waals surface area contributed by atoms with Gasteiger partial charge in [0.15, 0.2) is 5.78 Å². The van der Waals surface area contributed by atoms with Crippen molar-refractivity contribution in [3.63, 3.8) is 0 Å². The van der Waals surface area contributed by atoms with Gasteiger partial charge >= 0.3 is 0 Å². The van der Waals surface area contributed by atoms with E-state index in [9.17, 15) is 9.59 Å². The lowest BCUT2D eigenvalue weighted by atomic mass is 9.46. The number of Topliss-reactive ketones (excluding diaryl/α,β-unsaturated/α-hetero) is 1. The number of rotatable bonds is 1. The highest BCUT2D eigenvalue weighted by atomic mass is 16.1. The van der Waals surface area contributed by atoms with Gasteiger partial charge in [0, 0.05) is 11.8 Å². The number of ketones is 2. The summed E-state index contributed by atoms with van der Waals surface area (Å²) in [6.07, 6.45) is 15.1. The molecule has 142 valence electrons. The van der Waals surface area contributed by atoms with Gasteiger partial charge in [0.05, 0.1) is 0 Å². The van der Waals surface area contributed by atoms with Gasteiger partial charge in [0.2, 0.25) is 0 Å². The molecule has 4 fully saturated rings. The molecule has 0 unspecified atom stereocenters. The van der Waals surface area contributed by atoms with Crippen LogP contribution in [0.1, 0.15) is 84.5 Å². The molecule has 0 aliphatic heterocycles. The average Bonchev–Trinajstić information content (AvgIpc) is 2.91. The van der Waals surface area contributed by atoms with Crippen LogP contribution in [0, 0.1) is 40.4 Å². The van der Waals surface area contributed by atoms with Gasteiger partial charge in [-0.05, 0) is 99.4 Å². The highest BCUT2D eigenvalue weighted by Gasteiger charge is 2.68. The second-order valence-corrected chi connectivity index (χ2v) is 10.5. The van der Waals surface area contributed by atoms with Crippen LogP contribution in [-0.2, 0) is 9.59 Å². The van der Waals surface area contributed by atoms with Crippen LogP contribution in [0.3, 0.4) is 0 Å². The molecule has 4 saturated carbocycles. The van der Waals surface area contributed by atoms with Crippen molar-refractivity contribution in [3.05, 3.63) is 11.6 Å². The van der Waals surface area contributed by atoms with Crippen molar-refractivity contribution < 1.29 is 9.59 Å². The van der Waals surface area contributed by atoms with Gasteiger partial charge in [-0.1, -0.05) is 25.3 Å². The quantitative estimate of drug-likeness (QED) is 0.623. The largest absolute Gasteiger partial charge is 0.299 e. The van der Waals surface area contributed by atoms with Crippen molar-refractivity contribution in [1.82, 2.24) is 0 Å². The van der Waals surface area contributed by atoms with Gasteiger partial charge in [-0.3, -0.25) is 9.59 Å². The standard InChI is InChI=1S/C24H34O2/c1-15(25)24-11-4-3-5-17(24)14-22-21-8-6-16-13-18(26)7-9-19(16)20(21)10-12-23(22,24)2/h13,17,19-22H,3-12,14H2,1-2H3/t17-,19+,20-,21-,22+,23+,24+/m1/s1. The molecule has 0 spiro atoms. The molecule has 0 N–H and O–H groups in total. The van der Waals surface area contributed by atoms with E-state index < -0.39 is 0 Å². The minimum absolute atomic E-state index is 0.0144. The zero-order valence-electron chi connectivity index (χ0n) is 16.6. The smallest absolute Gasteiger partial charge is 0.155 e. The first-order chi connectivity index (χ1) is 12.5. The molecular formula is C24H34O2. The summed E-state index contributed by atoms with van der Waals surface area (Å²) in [5.74, 6) is 4.51. The summed E-state index contributed by atoms with van der Waals surface area (Å²) in [5, 5.41) is 0. The number of allylic oxidation sites excluding steroid dienone is 1. The Morgan fingerprint density at radius 3 is 2.69 bits per heavy atom. The van der Waals surface area contributed by atoms with E-state index in [4.69, 9.17) is 0 Å². The van der Waals surface area contributed by atoms with E-state index in [-0.39, 0.29) is 10.8 Å². The van der Waals surface area contributed by atoms with E-state index in [0.29, 0.717) is 23.4 Å². The fourth-order valence-corrected chi connectivity index (χ4v) is 8.98. The Hall–Kier alpha value is -0.920. The van der Waals surface area contributed by atoms with E-state index in [1.54, 1.807) is 0 Å². The van der Waals surface area contributed by atoms with Crippen molar-refractivity contribution in [2.75, 3.05) is 0 Å². The molecule has 0 bridgehead atoms. The van der Waals surface area contributed by atoms with Crippen LogP contribution in [0.15, 0.2) is 11.6 Å². The molecule has 2 nitrogen and oxygen atoms in total. The molecule has 0 heterocycles. The zero-order valence-corrected chi connectivity index (χ0v) is 16.6. The van der Waals surface area contributed by atoms with Gasteiger partial charge in [0.25, 0.3) is 0 Å². The van der Waals surface area contributed by atoms with Crippen molar-refractivity contribution in [1.29, 1.82) is 0 Å². The summed E-state index contributed by atoms with van der Waals surface area (Å²) in [6, 6.07) is 0. The molecule has 7 atom stereocenters. The predicted molar refractivity (Wildman–Crippen MR) is 103 cm³/mol. The lowest BCUT2D eigenvalue weighted by Gasteiger charge is -2.57. The summed E-state index contributed by atoms with van der Waals surface area (Å²) in [6.45, 7) is 4.42. The van der Waals surface area contributed by atoms with Gasteiger partial charge in [0.1, 0.15) is 5.78 Å². The highest BCUT2D eigenvalue weighted by molar-refractivity contribution is 5.91. The third kappa shape index (κ3) is 2.05. The molecule has 5 rings (SSSR count). The van der Waals surface area contributed by atoms with Crippen molar-refractivity contribution in [3.8, 4) is 0 Å². The fraction of sp³-hybridized carbons (Fsp3) is 0.833. The van der Waals surface area contributed by atoms with Crippen LogP contribution in [0.5, 0.6) is 0 Å². The lowest BCUT2D eigenvalue weighted by molar-refractivity contribution is -0.146.